The number of nitrogens with one attached hydrogen (secondary N) is 1. The van der Waals surface area contributed by atoms with Gasteiger partial charge in [-0.1, -0.05) is 0 Å². The van der Waals surface area contributed by atoms with Gasteiger partial charge in [0, 0.05) is 24.2 Å². The Balaban J connectivity index is 1.42. The number of pyridine rings is 1. The Kier molecular flexibility index (Phi) is 3.22. The maximum atomic E-state index is 12.3. The van der Waals surface area contributed by atoms with E-state index >= 15 is 0 Å². The molecule has 1 aliphatic carbocycles. The number of rotatable bonds is 4. The van der Waals surface area contributed by atoms with Crippen molar-refractivity contribution in [3.05, 3.63) is 60.7 Å². The van der Waals surface area contributed by atoms with Gasteiger partial charge in [-0.2, -0.15) is 0 Å². The molecule has 6 heteroatoms. The van der Waals surface area contributed by atoms with Crippen LogP contribution in [0.25, 0.3) is 5.82 Å². The molecule has 3 aromatic rings. The van der Waals surface area contributed by atoms with Crippen LogP contribution in [0.5, 0.6) is 0 Å². The minimum Gasteiger partial charge on any atom is -0.469 e. The lowest BCUT2D eigenvalue weighted by atomic mass is 10.2. The molecule has 1 aliphatic rings. The molecular weight excluding hydrogens is 292 g/mol. The van der Waals surface area contributed by atoms with Gasteiger partial charge in [0.15, 0.2) is 0 Å². The fourth-order valence-electron chi connectivity index (χ4n) is 2.76. The summed E-state index contributed by atoms with van der Waals surface area (Å²) in [5.41, 5.74) is 0.696. The van der Waals surface area contributed by atoms with Gasteiger partial charge in [-0.05, 0) is 37.6 Å². The lowest BCUT2D eigenvalue weighted by Gasteiger charge is -2.07. The van der Waals surface area contributed by atoms with Gasteiger partial charge >= 0.3 is 0 Å². The van der Waals surface area contributed by atoms with Crippen molar-refractivity contribution in [2.45, 2.75) is 19.3 Å². The predicted molar refractivity (Wildman–Crippen MR) is 84.3 cm³/mol. The zero-order valence-corrected chi connectivity index (χ0v) is 12.6. The van der Waals surface area contributed by atoms with Crippen molar-refractivity contribution in [3.8, 4) is 5.82 Å². The second kappa shape index (κ2) is 5.39. The molecule has 2 atom stereocenters. The van der Waals surface area contributed by atoms with Gasteiger partial charge in [0.1, 0.15) is 17.4 Å². The summed E-state index contributed by atoms with van der Waals surface area (Å²) in [4.78, 5) is 20.8. The largest absolute Gasteiger partial charge is 0.469 e. The van der Waals surface area contributed by atoms with E-state index < -0.39 is 0 Å². The molecule has 0 aliphatic heterocycles. The van der Waals surface area contributed by atoms with Crippen molar-refractivity contribution in [2.24, 2.45) is 5.92 Å². The molecule has 0 saturated heterocycles. The van der Waals surface area contributed by atoms with E-state index in [9.17, 15) is 4.79 Å². The Hall–Kier alpha value is -2.89. The Morgan fingerprint density at radius 1 is 1.35 bits per heavy atom. The molecule has 2 unspecified atom stereocenters. The monoisotopic (exact) mass is 308 g/mol. The number of aromatic nitrogens is 3. The average molecular weight is 308 g/mol. The molecule has 4 rings (SSSR count). The van der Waals surface area contributed by atoms with Crippen LogP contribution >= 0.6 is 0 Å². The van der Waals surface area contributed by atoms with Crippen LogP contribution in [0.1, 0.15) is 23.9 Å². The first-order valence-corrected chi connectivity index (χ1v) is 7.53. The topological polar surface area (TPSA) is 73.0 Å². The summed E-state index contributed by atoms with van der Waals surface area (Å²) >= 11 is 0. The van der Waals surface area contributed by atoms with Crippen LogP contribution in [0.4, 0.5) is 5.69 Å². The fourth-order valence-corrected chi connectivity index (χ4v) is 2.76. The number of furan rings is 1. The molecule has 3 aromatic heterocycles. The van der Waals surface area contributed by atoms with E-state index in [0.29, 0.717) is 5.69 Å². The minimum atomic E-state index is -0.0169. The van der Waals surface area contributed by atoms with E-state index in [4.69, 9.17) is 4.42 Å². The van der Waals surface area contributed by atoms with Crippen LogP contribution in [0.15, 0.2) is 53.5 Å². The summed E-state index contributed by atoms with van der Waals surface area (Å²) in [7, 11) is 0. The summed E-state index contributed by atoms with van der Waals surface area (Å²) in [5, 5.41) is 2.91. The number of amides is 1. The molecule has 0 aromatic carbocycles. The molecule has 6 nitrogen and oxygen atoms in total. The van der Waals surface area contributed by atoms with Crippen LogP contribution < -0.4 is 5.32 Å². The van der Waals surface area contributed by atoms with Crippen LogP contribution in [0, 0.1) is 12.8 Å². The Bertz CT molecular complexity index is 821. The van der Waals surface area contributed by atoms with Crippen LogP contribution in [0.2, 0.25) is 0 Å². The van der Waals surface area contributed by atoms with Gasteiger partial charge in [-0.15, -0.1) is 0 Å². The number of carbonyl (C=O) groups is 1. The average Bonchev–Trinajstić information content (AvgIpc) is 2.95. The van der Waals surface area contributed by atoms with Crippen molar-refractivity contribution in [2.75, 3.05) is 5.32 Å². The molecular formula is C17H16N4O2. The molecule has 0 bridgehead atoms. The Morgan fingerprint density at radius 2 is 2.26 bits per heavy atom. The molecule has 0 spiro atoms. The third-order valence-electron chi connectivity index (χ3n) is 4.12. The summed E-state index contributed by atoms with van der Waals surface area (Å²) in [6.45, 7) is 1.92. The smallest absolute Gasteiger partial charge is 0.228 e. The van der Waals surface area contributed by atoms with Gasteiger partial charge in [-0.25, -0.2) is 9.97 Å². The maximum Gasteiger partial charge on any atom is 0.228 e. The van der Waals surface area contributed by atoms with E-state index in [1.54, 1.807) is 18.7 Å². The molecule has 1 N–H and O–H groups in total. The van der Waals surface area contributed by atoms with Gasteiger partial charge < -0.3 is 9.73 Å². The molecule has 0 radical (unpaired) electrons. The quantitative estimate of drug-likeness (QED) is 0.804. The summed E-state index contributed by atoms with van der Waals surface area (Å²) in [6, 6.07) is 7.48. The van der Waals surface area contributed by atoms with Crippen molar-refractivity contribution in [1.82, 2.24) is 14.5 Å². The number of hydrogen-bond donors (Lipinski definition) is 1. The normalized spacial score (nSPS) is 19.5. The Morgan fingerprint density at radius 3 is 2.91 bits per heavy atom. The highest BCUT2D eigenvalue weighted by Gasteiger charge is 2.45. The fraction of sp³-hybridized carbons (Fsp3) is 0.235. The van der Waals surface area contributed by atoms with Crippen LogP contribution in [0.3, 0.4) is 0 Å². The SMILES string of the molecule is Cc1nccn1-c1ccc(NC(=O)C2CC2c2ccco2)cn1. The van der Waals surface area contributed by atoms with E-state index in [2.05, 4.69) is 15.3 Å². The molecule has 23 heavy (non-hydrogen) atoms. The van der Waals surface area contributed by atoms with Crippen LogP contribution in [-0.2, 0) is 4.79 Å². The second-order valence-corrected chi connectivity index (χ2v) is 5.70. The Labute approximate surface area is 133 Å². The molecule has 1 amide bonds. The number of imidazole rings is 1. The first-order valence-electron chi connectivity index (χ1n) is 7.53. The lowest BCUT2D eigenvalue weighted by Crippen LogP contribution is -2.14. The molecule has 3 heterocycles. The van der Waals surface area contributed by atoms with Crippen molar-refractivity contribution in [1.29, 1.82) is 0 Å². The second-order valence-electron chi connectivity index (χ2n) is 5.70. The summed E-state index contributed by atoms with van der Waals surface area (Å²) in [5.74, 6) is 2.72. The summed E-state index contributed by atoms with van der Waals surface area (Å²) in [6.07, 6.45) is 7.72. The number of anilines is 1. The van der Waals surface area contributed by atoms with E-state index in [0.717, 1.165) is 23.8 Å². The summed E-state index contributed by atoms with van der Waals surface area (Å²) < 4.78 is 7.24. The minimum absolute atomic E-state index is 0.0137. The van der Waals surface area contributed by atoms with Gasteiger partial charge in [0.2, 0.25) is 5.91 Å². The molecule has 1 fully saturated rings. The van der Waals surface area contributed by atoms with E-state index in [-0.39, 0.29) is 17.7 Å². The van der Waals surface area contributed by atoms with Crippen molar-refractivity contribution >= 4 is 11.6 Å². The zero-order valence-electron chi connectivity index (χ0n) is 12.6. The number of nitrogens with zero attached hydrogens (tertiary/aromatic N) is 3. The van der Waals surface area contributed by atoms with Crippen molar-refractivity contribution < 1.29 is 9.21 Å². The highest BCUT2D eigenvalue weighted by atomic mass is 16.3. The van der Waals surface area contributed by atoms with Crippen LogP contribution in [-0.4, -0.2) is 20.4 Å². The highest BCUT2D eigenvalue weighted by Crippen LogP contribution is 2.48. The zero-order chi connectivity index (χ0) is 15.8. The third kappa shape index (κ3) is 2.63. The number of hydrogen-bond acceptors (Lipinski definition) is 4. The van der Waals surface area contributed by atoms with E-state index in [1.165, 1.54) is 0 Å². The third-order valence-corrected chi connectivity index (χ3v) is 4.12. The predicted octanol–water partition coefficient (Wildman–Crippen LogP) is 2.91. The first-order chi connectivity index (χ1) is 11.2. The highest BCUT2D eigenvalue weighted by molar-refractivity contribution is 5.95. The van der Waals surface area contributed by atoms with E-state index in [1.807, 2.05) is 42.0 Å². The molecule has 1 saturated carbocycles. The number of carbonyl (C=O) groups excluding carboxylic acids is 1. The van der Waals surface area contributed by atoms with Gasteiger partial charge in [0.25, 0.3) is 0 Å². The van der Waals surface area contributed by atoms with Gasteiger partial charge in [-0.3, -0.25) is 9.36 Å². The molecule has 116 valence electrons. The lowest BCUT2D eigenvalue weighted by molar-refractivity contribution is -0.117. The number of aryl methyl sites for hydroxylation is 1. The van der Waals surface area contributed by atoms with Gasteiger partial charge in [0.05, 0.1) is 18.1 Å². The maximum absolute atomic E-state index is 12.3. The van der Waals surface area contributed by atoms with Crippen molar-refractivity contribution in [3.63, 3.8) is 0 Å². The standard InChI is InChI=1S/C17H16N4O2/c1-11-18-6-7-21(11)16-5-4-12(10-19-16)20-17(22)14-9-13(14)15-3-2-8-23-15/h2-8,10,13-14H,9H2,1H3,(H,20,22). The first kappa shape index (κ1) is 13.8.